The zero-order valence-corrected chi connectivity index (χ0v) is 35.1. The Bertz CT molecular complexity index is 2530. The van der Waals surface area contributed by atoms with Gasteiger partial charge in [0, 0.05) is 44.6 Å². The summed E-state index contributed by atoms with van der Waals surface area (Å²) in [6, 6.07) is 7.54. The molecule has 18 nitrogen and oxygen atoms in total. The van der Waals surface area contributed by atoms with Crippen molar-refractivity contribution < 1.29 is 36.3 Å². The van der Waals surface area contributed by atoms with Crippen molar-refractivity contribution >= 4 is 45.1 Å². The number of benzene rings is 2. The van der Waals surface area contributed by atoms with Gasteiger partial charge in [-0.25, -0.2) is 27.2 Å². The number of aromatic nitrogens is 6. The first-order valence-corrected chi connectivity index (χ1v) is 20.8. The monoisotopic (exact) mass is 862 g/mol. The third-order valence-electron chi connectivity index (χ3n) is 10.4. The lowest BCUT2D eigenvalue weighted by Crippen LogP contribution is -2.42. The van der Waals surface area contributed by atoms with Crippen LogP contribution in [0.1, 0.15) is 68.9 Å². The van der Waals surface area contributed by atoms with Crippen LogP contribution in [0.15, 0.2) is 53.7 Å². The first kappa shape index (κ1) is 44.2. The second-order valence-electron chi connectivity index (χ2n) is 14.4. The highest BCUT2D eigenvalue weighted by Crippen LogP contribution is 2.29. The molecule has 7 rings (SSSR count). The highest BCUT2D eigenvalue weighted by atomic mass is 32.2. The number of halogens is 2. The minimum absolute atomic E-state index is 0.0150. The van der Waals surface area contributed by atoms with Crippen LogP contribution in [0.4, 0.5) is 32.3 Å². The molecule has 2 saturated heterocycles. The molecule has 21 heteroatoms. The summed E-state index contributed by atoms with van der Waals surface area (Å²) in [6.45, 7) is 5.93. The van der Waals surface area contributed by atoms with E-state index in [2.05, 4.69) is 41.0 Å². The molecule has 7 N–H and O–H groups in total. The Kier molecular flexibility index (Phi) is 13.7. The molecule has 0 bridgehead atoms. The normalized spacial score (nSPS) is 15.1. The topological polar surface area (TPSA) is 247 Å². The van der Waals surface area contributed by atoms with E-state index in [4.69, 9.17) is 20.9 Å². The summed E-state index contributed by atoms with van der Waals surface area (Å²) in [4.78, 5) is 42.6. The number of nitrogen functional groups attached to an aromatic ring is 2. The van der Waals surface area contributed by atoms with Crippen molar-refractivity contribution in [3.8, 4) is 11.5 Å². The maximum atomic E-state index is 13.7. The number of hydrogen-bond donors (Lipinski definition) is 5. The lowest BCUT2D eigenvalue weighted by Gasteiger charge is -2.31. The Morgan fingerprint density at radius 1 is 0.770 bits per heavy atom. The second-order valence-corrected chi connectivity index (χ2v) is 16.3. The van der Waals surface area contributed by atoms with Crippen LogP contribution >= 0.6 is 0 Å². The quantitative estimate of drug-likeness (QED) is 0.112. The molecular formula is C40H48F2N12O6S. The molecule has 5 aromatic rings. The van der Waals surface area contributed by atoms with E-state index in [1.165, 1.54) is 55.2 Å². The van der Waals surface area contributed by atoms with Gasteiger partial charge in [-0.1, -0.05) is 0 Å². The molecule has 0 unspecified atom stereocenters. The van der Waals surface area contributed by atoms with E-state index in [0.717, 1.165) is 38.1 Å². The number of sulfonamides is 1. The maximum absolute atomic E-state index is 13.7. The third kappa shape index (κ3) is 10.0. The van der Waals surface area contributed by atoms with Crippen LogP contribution in [-0.4, -0.2) is 106 Å². The van der Waals surface area contributed by atoms with Crippen LogP contribution < -0.4 is 36.9 Å². The molecule has 2 aromatic carbocycles. The van der Waals surface area contributed by atoms with Crippen LogP contribution in [0, 0.1) is 25.5 Å². The molecule has 324 valence electrons. The second kappa shape index (κ2) is 18.9. The number of piperidine rings is 2. The van der Waals surface area contributed by atoms with Crippen molar-refractivity contribution in [2.75, 3.05) is 62.5 Å². The molecule has 3 aromatic heterocycles. The van der Waals surface area contributed by atoms with Gasteiger partial charge in [-0.2, -0.15) is 19.4 Å². The van der Waals surface area contributed by atoms with E-state index in [9.17, 15) is 26.8 Å². The molecule has 2 aliphatic rings. The molecule has 0 aliphatic carbocycles. The average molecular weight is 863 g/mol. The number of carbonyl (C=O) groups is 2. The lowest BCUT2D eigenvalue weighted by atomic mass is 10.0. The molecule has 0 spiro atoms. The predicted molar refractivity (Wildman–Crippen MR) is 223 cm³/mol. The van der Waals surface area contributed by atoms with Crippen molar-refractivity contribution in [3.63, 3.8) is 0 Å². The number of carbonyl (C=O) groups excluding carboxylic acids is 2. The average Bonchev–Trinajstić information content (AvgIpc) is 3.51. The summed E-state index contributed by atoms with van der Waals surface area (Å²) in [7, 11) is 0.854. The number of nitrogens with zero attached hydrogens (tertiary/aromatic N) is 7. The van der Waals surface area contributed by atoms with Gasteiger partial charge in [0.15, 0.2) is 0 Å². The number of anilines is 4. The number of aryl methyl sites for hydroxylation is 2. The van der Waals surface area contributed by atoms with Gasteiger partial charge < -0.3 is 36.9 Å². The fraction of sp³-hybridized carbons (Fsp3) is 0.375. The summed E-state index contributed by atoms with van der Waals surface area (Å²) < 4.78 is 66.9. The van der Waals surface area contributed by atoms with E-state index in [1.807, 2.05) is 0 Å². The number of ketones is 2. The van der Waals surface area contributed by atoms with E-state index in [-0.39, 0.29) is 68.3 Å². The summed E-state index contributed by atoms with van der Waals surface area (Å²) in [5.41, 5.74) is 13.3. The van der Waals surface area contributed by atoms with Crippen LogP contribution in [0.25, 0.3) is 0 Å². The number of ether oxygens (including phenoxy) is 2. The van der Waals surface area contributed by atoms with Gasteiger partial charge in [-0.05, 0) is 89.0 Å². The zero-order valence-electron chi connectivity index (χ0n) is 34.3. The molecule has 5 heterocycles. The Balaban J connectivity index is 0.000000218. The minimum Gasteiger partial charge on any atom is -0.496 e. The fourth-order valence-corrected chi connectivity index (χ4v) is 8.98. The highest BCUT2D eigenvalue weighted by Gasteiger charge is 2.34. The number of methoxy groups -OCH3 is 2. The van der Waals surface area contributed by atoms with Gasteiger partial charge in [-0.15, -0.1) is 0 Å². The first-order valence-electron chi connectivity index (χ1n) is 19.4. The van der Waals surface area contributed by atoms with Crippen molar-refractivity contribution in [2.24, 2.45) is 7.05 Å². The molecule has 0 amide bonds. The zero-order chi connectivity index (χ0) is 44.0. The van der Waals surface area contributed by atoms with Crippen LogP contribution in [0.5, 0.6) is 11.5 Å². The van der Waals surface area contributed by atoms with Crippen LogP contribution in [0.3, 0.4) is 0 Å². The summed E-state index contributed by atoms with van der Waals surface area (Å²) >= 11 is 0. The maximum Gasteiger partial charge on any atom is 0.246 e. The van der Waals surface area contributed by atoms with Gasteiger partial charge in [0.25, 0.3) is 0 Å². The van der Waals surface area contributed by atoms with Gasteiger partial charge in [0.2, 0.25) is 33.5 Å². The third-order valence-corrected chi connectivity index (χ3v) is 12.6. The van der Waals surface area contributed by atoms with Crippen molar-refractivity contribution in [1.29, 1.82) is 0 Å². The van der Waals surface area contributed by atoms with Crippen molar-refractivity contribution in [1.82, 2.24) is 39.3 Å². The molecular weight excluding hydrogens is 815 g/mol. The SMILES string of the molecule is COc1ccc(F)cc1C(=O)c1cnc(NC2CCN(S(=O)(=O)c3c(C)nn(C)c3C)CC2)nc1N.COc1ccc(F)cc1C(=O)c1cnc(NC2CCNCC2)nc1N. The smallest absolute Gasteiger partial charge is 0.246 e. The molecule has 2 aliphatic heterocycles. The van der Waals surface area contributed by atoms with Gasteiger partial charge in [0.1, 0.15) is 39.7 Å². The van der Waals surface area contributed by atoms with Crippen LogP contribution in [0.2, 0.25) is 0 Å². The van der Waals surface area contributed by atoms with Crippen molar-refractivity contribution in [2.45, 2.75) is 56.5 Å². The number of nitrogens with two attached hydrogens (primary N) is 2. The molecule has 2 fully saturated rings. The largest absolute Gasteiger partial charge is 0.496 e. The van der Waals surface area contributed by atoms with Gasteiger partial charge >= 0.3 is 0 Å². The lowest BCUT2D eigenvalue weighted by molar-refractivity contribution is 0.102. The standard InChI is InChI=1S/C23H28FN7O4S.C17H20FN5O2/c1-13-21(14(2)30(3)29-13)36(33,34)31-9-7-16(8-10-31)27-23-26-12-18(22(25)28-23)20(32)17-11-15(24)5-6-19(17)35-4;1-25-14-3-2-10(18)8-12(14)15(24)13-9-21-17(23-16(13)19)22-11-4-6-20-7-5-11/h5-6,11-12,16H,7-10H2,1-4H3,(H3,25,26,27,28);2-3,8-9,11,20H,4-7H2,1H3,(H3,19,21,22,23). The van der Waals surface area contributed by atoms with E-state index >= 15 is 0 Å². The van der Waals surface area contributed by atoms with Crippen molar-refractivity contribution in [3.05, 3.63) is 94.1 Å². The minimum atomic E-state index is -3.66. The molecule has 61 heavy (non-hydrogen) atoms. The Morgan fingerprint density at radius 2 is 1.23 bits per heavy atom. The van der Waals surface area contributed by atoms with Crippen LogP contribution in [-0.2, 0) is 17.1 Å². The molecule has 0 atom stereocenters. The van der Waals surface area contributed by atoms with E-state index in [1.54, 1.807) is 25.6 Å². The van der Waals surface area contributed by atoms with Gasteiger partial charge in [-0.3, -0.25) is 14.3 Å². The Labute approximate surface area is 351 Å². The fourth-order valence-electron chi connectivity index (χ4n) is 7.11. The van der Waals surface area contributed by atoms with E-state index < -0.39 is 33.2 Å². The number of nitrogens with one attached hydrogen (secondary N) is 3. The van der Waals surface area contributed by atoms with E-state index in [0.29, 0.717) is 43.3 Å². The number of rotatable bonds is 12. The molecule has 0 radical (unpaired) electrons. The first-order chi connectivity index (χ1) is 29.1. The summed E-state index contributed by atoms with van der Waals surface area (Å²) in [5, 5.41) is 13.9. The highest BCUT2D eigenvalue weighted by molar-refractivity contribution is 7.89. The Morgan fingerprint density at radius 3 is 1.64 bits per heavy atom. The Hall–Kier alpha value is -6.32. The molecule has 0 saturated carbocycles. The summed E-state index contributed by atoms with van der Waals surface area (Å²) in [6.07, 6.45) is 5.63. The number of hydrogen-bond acceptors (Lipinski definition) is 16. The van der Waals surface area contributed by atoms with Gasteiger partial charge in [0.05, 0.1) is 47.9 Å². The predicted octanol–water partition coefficient (Wildman–Crippen LogP) is 3.65. The summed E-state index contributed by atoms with van der Waals surface area (Å²) in [5.74, 6) is -1.11.